The maximum Gasteiger partial charge on any atom is 0.137 e. The van der Waals surface area contributed by atoms with E-state index in [1.807, 2.05) is 30.1 Å². The first-order valence-corrected chi connectivity index (χ1v) is 18.7. The molecule has 7 rings (SSSR count). The molecule has 6 heteroatoms. The van der Waals surface area contributed by atoms with Crippen molar-refractivity contribution in [2.75, 3.05) is 6.26 Å². The molecule has 0 radical (unpaired) electrons. The van der Waals surface area contributed by atoms with Gasteiger partial charge >= 0.3 is 0 Å². The summed E-state index contributed by atoms with van der Waals surface area (Å²) >= 11 is 1.84. The van der Waals surface area contributed by atoms with Gasteiger partial charge in [-0.1, -0.05) is 52.0 Å². The molecule has 0 aliphatic rings. The summed E-state index contributed by atoms with van der Waals surface area (Å²) in [7, 11) is 0. The van der Waals surface area contributed by atoms with Crippen molar-refractivity contribution in [3.8, 4) is 34.1 Å². The van der Waals surface area contributed by atoms with Crippen LogP contribution in [0.25, 0.3) is 44.4 Å². The van der Waals surface area contributed by atoms with Crippen molar-refractivity contribution < 1.29 is 4.74 Å². The first-order valence-electron chi connectivity index (χ1n) is 17.5. The Bertz CT molecular complexity index is 2380. The van der Waals surface area contributed by atoms with Crippen LogP contribution in [0.4, 0.5) is 0 Å². The predicted molar refractivity (Wildman–Crippen MR) is 211 cm³/mol. The lowest BCUT2D eigenvalue weighted by Crippen LogP contribution is -2.06. The summed E-state index contributed by atoms with van der Waals surface area (Å²) in [5.41, 5.74) is 14.7. The van der Waals surface area contributed by atoms with Crippen LogP contribution < -0.4 is 4.74 Å². The lowest BCUT2D eigenvalue weighted by molar-refractivity contribution is 0.482. The molecule has 50 heavy (non-hydrogen) atoms. The molecule has 0 spiro atoms. The molecule has 0 N–H and O–H groups in total. The Morgan fingerprint density at radius 1 is 0.660 bits per heavy atom. The number of rotatable bonds is 8. The van der Waals surface area contributed by atoms with E-state index in [4.69, 9.17) is 14.8 Å². The summed E-state index contributed by atoms with van der Waals surface area (Å²) in [5, 5.41) is 7.73. The maximum absolute atomic E-state index is 6.65. The van der Waals surface area contributed by atoms with Crippen molar-refractivity contribution in [3.05, 3.63) is 124 Å². The number of thioether (sulfide) groups is 1. The second-order valence-electron chi connectivity index (χ2n) is 14.1. The van der Waals surface area contributed by atoms with Crippen molar-refractivity contribution >= 4 is 33.6 Å². The first-order chi connectivity index (χ1) is 24.0. The zero-order chi connectivity index (χ0) is 35.4. The van der Waals surface area contributed by atoms with E-state index in [0.29, 0.717) is 0 Å². The third kappa shape index (κ3) is 5.60. The summed E-state index contributed by atoms with van der Waals surface area (Å²) in [4.78, 5) is 6.13. The summed E-state index contributed by atoms with van der Waals surface area (Å²) in [5.74, 6) is 2.92. The summed E-state index contributed by atoms with van der Waals surface area (Å²) in [6.07, 6.45) is 4.05. The second kappa shape index (κ2) is 13.1. The molecule has 3 heterocycles. The first kappa shape index (κ1) is 33.7. The van der Waals surface area contributed by atoms with Gasteiger partial charge in [0, 0.05) is 39.6 Å². The molecule has 0 atom stereocenters. The van der Waals surface area contributed by atoms with Gasteiger partial charge < -0.3 is 4.74 Å². The Morgan fingerprint density at radius 3 is 2.04 bits per heavy atom. The van der Waals surface area contributed by atoms with E-state index in [1.54, 1.807) is 0 Å². The average Bonchev–Trinajstić information content (AvgIpc) is 3.65. The lowest BCUT2D eigenvalue weighted by atomic mass is 9.85. The van der Waals surface area contributed by atoms with Crippen LogP contribution in [0.5, 0.6) is 11.5 Å². The Kier molecular flexibility index (Phi) is 8.85. The number of ether oxygens (including phenoxy) is 1. The molecule has 0 saturated heterocycles. The Hall–Kier alpha value is -4.81. The van der Waals surface area contributed by atoms with Crippen molar-refractivity contribution in [3.63, 3.8) is 0 Å². The van der Waals surface area contributed by atoms with E-state index in [9.17, 15) is 0 Å². The van der Waals surface area contributed by atoms with Gasteiger partial charge in [-0.15, -0.1) is 11.8 Å². The zero-order valence-electron chi connectivity index (χ0n) is 30.8. The predicted octanol–water partition coefficient (Wildman–Crippen LogP) is 12.3. The Morgan fingerprint density at radius 2 is 1.36 bits per heavy atom. The number of aromatic nitrogens is 4. The van der Waals surface area contributed by atoms with Crippen LogP contribution in [0.3, 0.4) is 0 Å². The van der Waals surface area contributed by atoms with Crippen LogP contribution in [-0.4, -0.2) is 25.6 Å². The van der Waals surface area contributed by atoms with Crippen LogP contribution in [0.1, 0.15) is 78.7 Å². The van der Waals surface area contributed by atoms with Gasteiger partial charge in [-0.25, -0.2) is 9.67 Å². The van der Waals surface area contributed by atoms with Gasteiger partial charge in [0.25, 0.3) is 0 Å². The minimum Gasteiger partial charge on any atom is -0.457 e. The standard InChI is InChI=1S/C44H46N4OS/c1-25(2)42-41(40-28(6)30(8)44(50-10)31(9)29(40)7)43(26(3)4)48(46-42)32-14-13-15-33(23-32)49-34-18-19-36-35-16-11-12-17-37(35)47(38(36)24-34)39-22-27(5)20-21-45-39/h11-26H,1-10H3. The van der Waals surface area contributed by atoms with Gasteiger partial charge in [-0.05, 0) is 129 Å². The fourth-order valence-electron chi connectivity index (χ4n) is 7.52. The molecule has 254 valence electrons. The van der Waals surface area contributed by atoms with E-state index >= 15 is 0 Å². The number of pyridine rings is 1. The molecule has 4 aromatic carbocycles. The number of hydrogen-bond donors (Lipinski definition) is 0. The number of para-hydroxylation sites is 1. The topological polar surface area (TPSA) is 44.9 Å². The maximum atomic E-state index is 6.65. The average molecular weight is 679 g/mol. The zero-order valence-corrected chi connectivity index (χ0v) is 31.7. The van der Waals surface area contributed by atoms with Crippen molar-refractivity contribution in [2.24, 2.45) is 0 Å². The molecule has 0 aliphatic heterocycles. The molecule has 0 amide bonds. The van der Waals surface area contributed by atoms with Crippen molar-refractivity contribution in [1.82, 2.24) is 19.3 Å². The van der Waals surface area contributed by atoms with Gasteiger partial charge in [-0.3, -0.25) is 4.57 Å². The highest BCUT2D eigenvalue weighted by Crippen LogP contribution is 2.45. The molecule has 0 aliphatic carbocycles. The van der Waals surface area contributed by atoms with Gasteiger partial charge in [0.15, 0.2) is 0 Å². The summed E-state index contributed by atoms with van der Waals surface area (Å²) in [6, 6.07) is 27.3. The van der Waals surface area contributed by atoms with E-state index in [0.717, 1.165) is 39.7 Å². The summed E-state index contributed by atoms with van der Waals surface area (Å²) < 4.78 is 11.0. The van der Waals surface area contributed by atoms with Crippen LogP contribution in [0.2, 0.25) is 0 Å². The van der Waals surface area contributed by atoms with E-state index in [-0.39, 0.29) is 11.8 Å². The number of benzene rings is 4. The molecule has 0 unspecified atom stereocenters. The van der Waals surface area contributed by atoms with Crippen LogP contribution >= 0.6 is 11.8 Å². The normalized spacial score (nSPS) is 11.8. The molecular weight excluding hydrogens is 633 g/mol. The van der Waals surface area contributed by atoms with Crippen molar-refractivity contribution in [2.45, 2.75) is 79.0 Å². The van der Waals surface area contributed by atoms with Crippen LogP contribution in [0.15, 0.2) is 90.0 Å². The van der Waals surface area contributed by atoms with Crippen LogP contribution in [-0.2, 0) is 0 Å². The Labute approximate surface area is 300 Å². The molecule has 0 saturated carbocycles. The SMILES string of the molecule is CSc1c(C)c(C)c(-c2c(C(C)C)nn(-c3cccc(Oc4ccc5c6ccccc6n(-c6cc(C)ccn6)c5c4)c3)c2C(C)C)c(C)c1C. The number of aryl methyl sites for hydroxylation is 1. The highest BCUT2D eigenvalue weighted by atomic mass is 32.2. The third-order valence-electron chi connectivity index (χ3n) is 10.1. The molecule has 0 fully saturated rings. The van der Waals surface area contributed by atoms with Gasteiger partial charge in [0.1, 0.15) is 17.3 Å². The Balaban J connectivity index is 1.35. The fraction of sp³-hybridized carbons (Fsp3) is 0.273. The van der Waals surface area contributed by atoms with E-state index in [2.05, 4.69) is 145 Å². The molecule has 3 aromatic heterocycles. The van der Waals surface area contributed by atoms with Gasteiger partial charge in [0.2, 0.25) is 0 Å². The van der Waals surface area contributed by atoms with E-state index < -0.39 is 0 Å². The fourth-order valence-corrected chi connectivity index (χ4v) is 8.43. The van der Waals surface area contributed by atoms with Gasteiger partial charge in [-0.2, -0.15) is 5.10 Å². The van der Waals surface area contributed by atoms with Gasteiger partial charge in [0.05, 0.1) is 28.1 Å². The molecule has 5 nitrogen and oxygen atoms in total. The molecular formula is C44H46N4OS. The lowest BCUT2D eigenvalue weighted by Gasteiger charge is -2.22. The molecule has 0 bridgehead atoms. The van der Waals surface area contributed by atoms with E-state index in [1.165, 1.54) is 60.3 Å². The largest absolute Gasteiger partial charge is 0.457 e. The quantitative estimate of drug-likeness (QED) is 0.150. The number of nitrogens with zero attached hydrogens (tertiary/aromatic N) is 4. The number of hydrogen-bond acceptors (Lipinski definition) is 4. The summed E-state index contributed by atoms with van der Waals surface area (Å²) in [6.45, 7) is 20.2. The monoisotopic (exact) mass is 678 g/mol. The minimum absolute atomic E-state index is 0.244. The number of fused-ring (bicyclic) bond motifs is 3. The molecule has 7 aromatic rings. The second-order valence-corrected chi connectivity index (χ2v) is 14.9. The minimum atomic E-state index is 0.244. The van der Waals surface area contributed by atoms with Crippen LogP contribution in [0, 0.1) is 34.6 Å². The highest BCUT2D eigenvalue weighted by molar-refractivity contribution is 7.98. The van der Waals surface area contributed by atoms with Crippen molar-refractivity contribution in [1.29, 1.82) is 0 Å². The highest BCUT2D eigenvalue weighted by Gasteiger charge is 2.28. The smallest absolute Gasteiger partial charge is 0.137 e. The third-order valence-corrected chi connectivity index (χ3v) is 11.1.